The van der Waals surface area contributed by atoms with Crippen molar-refractivity contribution in [2.75, 3.05) is 25.1 Å². The first-order chi connectivity index (χ1) is 5.45. The Bertz CT molecular complexity index is 246. The van der Waals surface area contributed by atoms with Crippen molar-refractivity contribution in [3.05, 3.63) is 11.1 Å². The zero-order valence-corrected chi connectivity index (χ0v) is 8.87. The van der Waals surface area contributed by atoms with Crippen molar-refractivity contribution in [2.45, 2.75) is 6.92 Å². The van der Waals surface area contributed by atoms with Gasteiger partial charge >= 0.3 is 0 Å². The van der Waals surface area contributed by atoms with E-state index < -0.39 is 9.84 Å². The second-order valence-corrected chi connectivity index (χ2v) is 5.24. The highest BCUT2D eigenvalue weighted by molar-refractivity contribution is 7.90. The number of hydrogen-bond donors (Lipinski definition) is 1. The molecule has 0 spiro atoms. The van der Waals surface area contributed by atoms with Crippen molar-refractivity contribution in [1.82, 2.24) is 5.32 Å². The van der Waals surface area contributed by atoms with E-state index in [-0.39, 0.29) is 5.75 Å². The summed E-state index contributed by atoms with van der Waals surface area (Å²) in [7, 11) is -2.84. The van der Waals surface area contributed by atoms with E-state index in [1.54, 1.807) is 0 Å². The van der Waals surface area contributed by atoms with Crippen molar-refractivity contribution in [2.24, 2.45) is 0 Å². The van der Waals surface area contributed by atoms with Gasteiger partial charge in [-0.05, 0) is 12.5 Å². The van der Waals surface area contributed by atoms with Crippen LogP contribution in [-0.4, -0.2) is 33.5 Å². The molecular weight excluding hydrogens is 198 g/mol. The van der Waals surface area contributed by atoms with E-state index in [2.05, 4.69) is 5.32 Å². The molecule has 0 heterocycles. The monoisotopic (exact) mass is 211 g/mol. The van der Waals surface area contributed by atoms with Crippen molar-refractivity contribution in [3.8, 4) is 0 Å². The number of hydrogen-bond acceptors (Lipinski definition) is 3. The Morgan fingerprint density at radius 3 is 2.58 bits per heavy atom. The van der Waals surface area contributed by atoms with Crippen LogP contribution >= 0.6 is 11.6 Å². The number of sulfone groups is 1. The van der Waals surface area contributed by atoms with E-state index in [1.807, 2.05) is 6.92 Å². The predicted octanol–water partition coefficient (Wildman–Crippen LogP) is 0.763. The molecule has 0 aliphatic heterocycles. The number of halogens is 1. The zero-order chi connectivity index (χ0) is 9.61. The third kappa shape index (κ3) is 8.04. The maximum absolute atomic E-state index is 10.7. The zero-order valence-electron chi connectivity index (χ0n) is 7.30. The summed E-state index contributed by atoms with van der Waals surface area (Å²) < 4.78 is 21.3. The molecule has 12 heavy (non-hydrogen) atoms. The van der Waals surface area contributed by atoms with Gasteiger partial charge < -0.3 is 5.32 Å². The first kappa shape index (κ1) is 11.9. The van der Waals surface area contributed by atoms with Gasteiger partial charge in [0.15, 0.2) is 0 Å². The van der Waals surface area contributed by atoms with Crippen LogP contribution in [0.3, 0.4) is 0 Å². The molecule has 0 aliphatic carbocycles. The Kier molecular flexibility index (Phi) is 5.53. The van der Waals surface area contributed by atoms with Gasteiger partial charge in [-0.25, -0.2) is 8.42 Å². The third-order valence-electron chi connectivity index (χ3n) is 1.24. The maximum atomic E-state index is 10.7. The van der Waals surface area contributed by atoms with Crippen LogP contribution in [0.25, 0.3) is 0 Å². The summed E-state index contributed by atoms with van der Waals surface area (Å²) in [6, 6.07) is 0. The molecule has 0 saturated carbocycles. The number of nitrogens with one attached hydrogen (secondary N) is 1. The molecule has 0 atom stereocenters. The van der Waals surface area contributed by atoms with Crippen LogP contribution in [0.4, 0.5) is 0 Å². The summed E-state index contributed by atoms with van der Waals surface area (Å²) in [5, 5.41) is 2.96. The van der Waals surface area contributed by atoms with Crippen LogP contribution in [0.5, 0.6) is 0 Å². The van der Waals surface area contributed by atoms with Crippen LogP contribution in [0.15, 0.2) is 11.1 Å². The minimum absolute atomic E-state index is 0.169. The molecule has 0 aromatic carbocycles. The lowest BCUT2D eigenvalue weighted by Gasteiger charge is -2.02. The van der Waals surface area contributed by atoms with Gasteiger partial charge in [-0.15, -0.1) is 0 Å². The quantitative estimate of drug-likeness (QED) is 0.684. The molecule has 0 saturated heterocycles. The van der Waals surface area contributed by atoms with Crippen LogP contribution < -0.4 is 5.32 Å². The molecule has 0 aliphatic rings. The van der Waals surface area contributed by atoms with E-state index in [1.165, 1.54) is 11.8 Å². The summed E-state index contributed by atoms with van der Waals surface area (Å²) in [6.07, 6.45) is 1.22. The standard InChI is InChI=1S/C7H14ClNO2S/c1-7(5-8)6-9-3-4-12(2,10)11/h5,9H,3-4,6H2,1-2H3. The second kappa shape index (κ2) is 5.56. The van der Waals surface area contributed by atoms with Gasteiger partial charge in [-0.2, -0.15) is 0 Å². The van der Waals surface area contributed by atoms with Gasteiger partial charge in [0.05, 0.1) is 5.75 Å². The summed E-state index contributed by atoms with van der Waals surface area (Å²) in [5.41, 5.74) is 2.47. The van der Waals surface area contributed by atoms with Crippen LogP contribution in [-0.2, 0) is 9.84 Å². The van der Waals surface area contributed by atoms with E-state index in [4.69, 9.17) is 11.6 Å². The average molecular weight is 212 g/mol. The molecule has 5 heteroatoms. The molecule has 0 rings (SSSR count). The lowest BCUT2D eigenvalue weighted by atomic mass is 10.3. The minimum atomic E-state index is -2.84. The van der Waals surface area contributed by atoms with Gasteiger partial charge in [-0.3, -0.25) is 0 Å². The Hall–Kier alpha value is -0.0600. The van der Waals surface area contributed by atoms with E-state index in [9.17, 15) is 8.42 Å². The minimum Gasteiger partial charge on any atom is -0.312 e. The van der Waals surface area contributed by atoms with E-state index in [0.29, 0.717) is 13.1 Å². The van der Waals surface area contributed by atoms with Crippen LogP contribution in [0, 0.1) is 0 Å². The van der Waals surface area contributed by atoms with Gasteiger partial charge in [0.25, 0.3) is 0 Å². The Morgan fingerprint density at radius 2 is 2.17 bits per heavy atom. The smallest absolute Gasteiger partial charge is 0.148 e. The Balaban J connectivity index is 3.47. The fraction of sp³-hybridized carbons (Fsp3) is 0.714. The molecule has 0 fully saturated rings. The van der Waals surface area contributed by atoms with Gasteiger partial charge in [-0.1, -0.05) is 11.6 Å². The summed E-state index contributed by atoms with van der Waals surface area (Å²) in [4.78, 5) is 0. The second-order valence-electron chi connectivity index (χ2n) is 2.76. The molecule has 0 unspecified atom stereocenters. The fourth-order valence-corrected chi connectivity index (χ4v) is 1.17. The first-order valence-electron chi connectivity index (χ1n) is 3.60. The molecular formula is C7H14ClNO2S. The highest BCUT2D eigenvalue weighted by Gasteiger charge is 1.99. The average Bonchev–Trinajstić information content (AvgIpc) is 1.96. The van der Waals surface area contributed by atoms with Gasteiger partial charge in [0, 0.05) is 24.9 Å². The topological polar surface area (TPSA) is 46.2 Å². The lowest BCUT2D eigenvalue weighted by molar-refractivity contribution is 0.598. The predicted molar refractivity (Wildman–Crippen MR) is 52.2 cm³/mol. The Labute approximate surface area is 78.7 Å². The van der Waals surface area contributed by atoms with Crippen LogP contribution in [0.1, 0.15) is 6.92 Å². The van der Waals surface area contributed by atoms with E-state index >= 15 is 0 Å². The SMILES string of the molecule is CC(=CCl)CNCCS(C)(=O)=O. The highest BCUT2D eigenvalue weighted by atomic mass is 35.5. The highest BCUT2D eigenvalue weighted by Crippen LogP contribution is 1.91. The molecule has 0 amide bonds. The van der Waals surface area contributed by atoms with E-state index in [0.717, 1.165) is 5.57 Å². The van der Waals surface area contributed by atoms with Gasteiger partial charge in [0.2, 0.25) is 0 Å². The largest absolute Gasteiger partial charge is 0.312 e. The Morgan fingerprint density at radius 1 is 1.58 bits per heavy atom. The number of rotatable bonds is 5. The normalized spacial score (nSPS) is 13.4. The molecule has 72 valence electrons. The maximum Gasteiger partial charge on any atom is 0.148 e. The molecule has 1 N–H and O–H groups in total. The van der Waals surface area contributed by atoms with Crippen molar-refractivity contribution < 1.29 is 8.42 Å². The van der Waals surface area contributed by atoms with Gasteiger partial charge in [0.1, 0.15) is 9.84 Å². The summed E-state index contributed by atoms with van der Waals surface area (Å²) >= 11 is 5.40. The fourth-order valence-electron chi connectivity index (χ4n) is 0.582. The van der Waals surface area contributed by atoms with Crippen molar-refractivity contribution in [1.29, 1.82) is 0 Å². The third-order valence-corrected chi connectivity index (χ3v) is 2.56. The molecule has 3 nitrogen and oxygen atoms in total. The summed E-state index contributed by atoms with van der Waals surface area (Å²) in [5.74, 6) is 0.169. The molecule has 0 aromatic heterocycles. The molecule has 0 bridgehead atoms. The van der Waals surface area contributed by atoms with Crippen LogP contribution in [0.2, 0.25) is 0 Å². The molecule has 0 aromatic rings. The summed E-state index contributed by atoms with van der Waals surface area (Å²) in [6.45, 7) is 2.99. The molecule has 0 radical (unpaired) electrons. The van der Waals surface area contributed by atoms with Crippen molar-refractivity contribution in [3.63, 3.8) is 0 Å². The first-order valence-corrected chi connectivity index (χ1v) is 6.09. The lowest BCUT2D eigenvalue weighted by Crippen LogP contribution is -2.23. The van der Waals surface area contributed by atoms with Crippen molar-refractivity contribution >= 4 is 21.4 Å².